The van der Waals surface area contributed by atoms with Gasteiger partial charge in [0.2, 0.25) is 0 Å². The molecular formula is C9H15IN4O. The maximum atomic E-state index is 11.2. The lowest BCUT2D eigenvalue weighted by Gasteiger charge is -2.06. The minimum atomic E-state index is -0.0974. The van der Waals surface area contributed by atoms with E-state index in [2.05, 4.69) is 27.5 Å². The fourth-order valence-corrected chi connectivity index (χ4v) is 1.59. The molecule has 84 valence electrons. The molecular weight excluding hydrogens is 307 g/mol. The molecule has 1 heterocycles. The number of aromatic amines is 1. The average molecular weight is 322 g/mol. The molecule has 0 radical (unpaired) electrons. The van der Waals surface area contributed by atoms with Crippen molar-refractivity contribution in [3.63, 3.8) is 0 Å². The standard InChI is InChI=1S/C9H15IN4O/c1-2-11-4-3-5-12-8-7(10)9(15)14-6-13-8/h6,11H,2-5H2,1H3,(H2,12,13,14,15). The van der Waals surface area contributed by atoms with Crippen LogP contribution in [0, 0.1) is 3.57 Å². The number of H-pyrrole nitrogens is 1. The molecule has 15 heavy (non-hydrogen) atoms. The number of aromatic nitrogens is 2. The Morgan fingerprint density at radius 2 is 2.33 bits per heavy atom. The lowest BCUT2D eigenvalue weighted by atomic mass is 10.4. The zero-order chi connectivity index (χ0) is 11.1. The largest absolute Gasteiger partial charge is 0.369 e. The van der Waals surface area contributed by atoms with E-state index in [4.69, 9.17) is 0 Å². The molecule has 0 spiro atoms. The second-order valence-corrected chi connectivity index (χ2v) is 4.11. The van der Waals surface area contributed by atoms with E-state index in [1.54, 1.807) is 0 Å². The Kier molecular flexibility index (Phi) is 5.62. The van der Waals surface area contributed by atoms with E-state index in [-0.39, 0.29) is 5.56 Å². The number of rotatable bonds is 6. The summed E-state index contributed by atoms with van der Waals surface area (Å²) in [5, 5.41) is 6.36. The molecule has 0 aliphatic carbocycles. The fourth-order valence-electron chi connectivity index (χ4n) is 1.10. The van der Waals surface area contributed by atoms with Gasteiger partial charge >= 0.3 is 0 Å². The highest BCUT2D eigenvalue weighted by Crippen LogP contribution is 2.07. The number of nitrogens with one attached hydrogen (secondary N) is 3. The first-order valence-electron chi connectivity index (χ1n) is 4.93. The third-order valence-corrected chi connectivity index (χ3v) is 2.87. The van der Waals surface area contributed by atoms with Gasteiger partial charge in [-0.05, 0) is 42.1 Å². The molecule has 0 bridgehead atoms. The predicted molar refractivity (Wildman–Crippen MR) is 69.2 cm³/mol. The third-order valence-electron chi connectivity index (χ3n) is 1.87. The van der Waals surface area contributed by atoms with Crippen LogP contribution in [0.25, 0.3) is 0 Å². The molecule has 0 aliphatic heterocycles. The van der Waals surface area contributed by atoms with Gasteiger partial charge in [0.05, 0.1) is 6.33 Å². The molecule has 6 heteroatoms. The van der Waals surface area contributed by atoms with E-state index < -0.39 is 0 Å². The lowest BCUT2D eigenvalue weighted by molar-refractivity contribution is 0.688. The molecule has 1 rings (SSSR count). The quantitative estimate of drug-likeness (QED) is 0.535. The number of nitrogens with zero attached hydrogens (tertiary/aromatic N) is 1. The third kappa shape index (κ3) is 4.17. The lowest BCUT2D eigenvalue weighted by Crippen LogP contribution is -2.19. The SMILES string of the molecule is CCNCCCNc1nc[nH]c(=O)c1I. The normalized spacial score (nSPS) is 10.3. The van der Waals surface area contributed by atoms with Crippen molar-refractivity contribution in [2.45, 2.75) is 13.3 Å². The molecule has 0 unspecified atom stereocenters. The maximum absolute atomic E-state index is 11.2. The van der Waals surface area contributed by atoms with Crippen LogP contribution >= 0.6 is 22.6 Å². The van der Waals surface area contributed by atoms with Gasteiger partial charge in [-0.2, -0.15) is 0 Å². The summed E-state index contributed by atoms with van der Waals surface area (Å²) < 4.78 is 0.610. The van der Waals surface area contributed by atoms with E-state index in [9.17, 15) is 4.79 Å². The van der Waals surface area contributed by atoms with Crippen molar-refractivity contribution in [1.29, 1.82) is 0 Å². The fraction of sp³-hybridized carbons (Fsp3) is 0.556. The molecule has 3 N–H and O–H groups in total. The van der Waals surface area contributed by atoms with Crippen molar-refractivity contribution in [3.8, 4) is 0 Å². The topological polar surface area (TPSA) is 69.8 Å². The minimum absolute atomic E-state index is 0.0974. The Labute approximate surface area is 102 Å². The monoisotopic (exact) mass is 322 g/mol. The zero-order valence-corrected chi connectivity index (χ0v) is 10.8. The Morgan fingerprint density at radius 3 is 3.07 bits per heavy atom. The van der Waals surface area contributed by atoms with Crippen molar-refractivity contribution < 1.29 is 0 Å². The van der Waals surface area contributed by atoms with Gasteiger partial charge in [-0.3, -0.25) is 4.79 Å². The Bertz CT molecular complexity index is 352. The minimum Gasteiger partial charge on any atom is -0.369 e. The highest BCUT2D eigenvalue weighted by molar-refractivity contribution is 14.1. The summed E-state index contributed by atoms with van der Waals surface area (Å²) in [6.45, 7) is 4.86. The number of anilines is 1. The van der Waals surface area contributed by atoms with Crippen LogP contribution in [-0.2, 0) is 0 Å². The highest BCUT2D eigenvalue weighted by Gasteiger charge is 2.03. The van der Waals surface area contributed by atoms with Crippen molar-refractivity contribution >= 4 is 28.4 Å². The first-order chi connectivity index (χ1) is 7.25. The van der Waals surface area contributed by atoms with E-state index in [1.165, 1.54) is 6.33 Å². The molecule has 0 amide bonds. The van der Waals surface area contributed by atoms with Gasteiger partial charge in [0.25, 0.3) is 5.56 Å². The molecule has 0 saturated heterocycles. The summed E-state index contributed by atoms with van der Waals surface area (Å²) in [5.41, 5.74) is -0.0974. The van der Waals surface area contributed by atoms with Crippen LogP contribution in [0.1, 0.15) is 13.3 Å². The second kappa shape index (κ2) is 6.78. The predicted octanol–water partition coefficient (Wildman–Crippen LogP) is 0.786. The highest BCUT2D eigenvalue weighted by atomic mass is 127. The van der Waals surface area contributed by atoms with Crippen molar-refractivity contribution in [1.82, 2.24) is 15.3 Å². The Hall–Kier alpha value is -0.630. The second-order valence-electron chi connectivity index (χ2n) is 3.03. The van der Waals surface area contributed by atoms with Gasteiger partial charge in [-0.1, -0.05) is 6.92 Å². The Balaban J connectivity index is 2.38. The molecule has 0 fully saturated rings. The summed E-state index contributed by atoms with van der Waals surface area (Å²) in [6.07, 6.45) is 2.43. The van der Waals surface area contributed by atoms with Crippen LogP contribution < -0.4 is 16.2 Å². The average Bonchev–Trinajstić information content (AvgIpc) is 2.24. The smallest absolute Gasteiger partial charge is 0.266 e. The van der Waals surface area contributed by atoms with Gasteiger partial charge in [0.1, 0.15) is 9.39 Å². The first kappa shape index (κ1) is 12.4. The van der Waals surface area contributed by atoms with Crippen LogP contribution in [0.5, 0.6) is 0 Å². The molecule has 5 nitrogen and oxygen atoms in total. The van der Waals surface area contributed by atoms with Gasteiger partial charge in [0.15, 0.2) is 0 Å². The first-order valence-corrected chi connectivity index (χ1v) is 6.01. The number of halogens is 1. The summed E-state index contributed by atoms with van der Waals surface area (Å²) in [6, 6.07) is 0. The summed E-state index contributed by atoms with van der Waals surface area (Å²) in [5.74, 6) is 0.663. The van der Waals surface area contributed by atoms with E-state index in [0.29, 0.717) is 9.39 Å². The van der Waals surface area contributed by atoms with Crippen LogP contribution in [0.4, 0.5) is 5.82 Å². The molecule has 0 aromatic carbocycles. The summed E-state index contributed by atoms with van der Waals surface area (Å²) in [7, 11) is 0. The Morgan fingerprint density at radius 1 is 1.53 bits per heavy atom. The van der Waals surface area contributed by atoms with Crippen LogP contribution in [0.2, 0.25) is 0 Å². The maximum Gasteiger partial charge on any atom is 0.266 e. The zero-order valence-electron chi connectivity index (χ0n) is 8.64. The van der Waals surface area contributed by atoms with Crippen molar-refractivity contribution in [2.24, 2.45) is 0 Å². The van der Waals surface area contributed by atoms with E-state index >= 15 is 0 Å². The summed E-state index contributed by atoms with van der Waals surface area (Å²) in [4.78, 5) is 17.8. The van der Waals surface area contributed by atoms with Gasteiger partial charge in [-0.15, -0.1) is 0 Å². The van der Waals surface area contributed by atoms with E-state index in [1.807, 2.05) is 22.6 Å². The van der Waals surface area contributed by atoms with Crippen LogP contribution in [0.3, 0.4) is 0 Å². The molecule has 1 aromatic heterocycles. The summed E-state index contributed by atoms with van der Waals surface area (Å²) >= 11 is 1.99. The molecule has 0 aliphatic rings. The molecule has 1 aromatic rings. The van der Waals surface area contributed by atoms with Crippen molar-refractivity contribution in [3.05, 3.63) is 20.3 Å². The number of hydrogen-bond acceptors (Lipinski definition) is 4. The van der Waals surface area contributed by atoms with Crippen LogP contribution in [-0.4, -0.2) is 29.6 Å². The van der Waals surface area contributed by atoms with Crippen molar-refractivity contribution in [2.75, 3.05) is 25.0 Å². The molecule has 0 atom stereocenters. The van der Waals surface area contributed by atoms with Gasteiger partial charge in [0, 0.05) is 6.54 Å². The van der Waals surface area contributed by atoms with Gasteiger partial charge in [-0.25, -0.2) is 4.98 Å². The van der Waals surface area contributed by atoms with E-state index in [0.717, 1.165) is 26.1 Å². The van der Waals surface area contributed by atoms with Gasteiger partial charge < -0.3 is 15.6 Å². The number of hydrogen-bond donors (Lipinski definition) is 3. The molecule has 0 saturated carbocycles. The van der Waals surface area contributed by atoms with Crippen LogP contribution in [0.15, 0.2) is 11.1 Å².